The molecule has 4 aromatic rings. The van der Waals surface area contributed by atoms with Crippen LogP contribution in [0.3, 0.4) is 0 Å². The standard InChI is InChI=1S/C22H20N2O2S/c1-4-26-20-8-6-5-7-17(20)21-18(12-25)24-19(13-27-22(24)23-21)16-10-9-14(2)15(3)11-16/h5-13H,4H2,1-3H3. The van der Waals surface area contributed by atoms with Crippen LogP contribution in [-0.2, 0) is 0 Å². The molecule has 0 fully saturated rings. The van der Waals surface area contributed by atoms with Gasteiger partial charge in [0.05, 0.1) is 12.3 Å². The molecule has 0 unspecified atom stereocenters. The number of aldehydes is 1. The number of carbonyl (C=O) groups is 1. The minimum atomic E-state index is 0.548. The minimum absolute atomic E-state index is 0.548. The van der Waals surface area contributed by atoms with Crippen molar-refractivity contribution < 1.29 is 9.53 Å². The van der Waals surface area contributed by atoms with E-state index in [1.54, 1.807) is 0 Å². The highest BCUT2D eigenvalue weighted by Gasteiger charge is 2.20. The van der Waals surface area contributed by atoms with E-state index in [2.05, 4.69) is 37.4 Å². The number of benzene rings is 2. The Morgan fingerprint density at radius 1 is 1.15 bits per heavy atom. The number of rotatable bonds is 5. The fraction of sp³-hybridized carbons (Fsp3) is 0.182. The molecule has 0 aliphatic carbocycles. The van der Waals surface area contributed by atoms with Crippen LogP contribution in [-0.4, -0.2) is 22.3 Å². The highest BCUT2D eigenvalue weighted by Crippen LogP contribution is 2.36. The molecule has 0 radical (unpaired) electrons. The number of aromatic nitrogens is 2. The van der Waals surface area contributed by atoms with E-state index in [4.69, 9.17) is 9.72 Å². The largest absolute Gasteiger partial charge is 0.493 e. The Labute approximate surface area is 162 Å². The summed E-state index contributed by atoms with van der Waals surface area (Å²) in [5.74, 6) is 0.738. The molecular weight excluding hydrogens is 356 g/mol. The van der Waals surface area contributed by atoms with Crippen LogP contribution in [0.5, 0.6) is 5.75 Å². The summed E-state index contributed by atoms with van der Waals surface area (Å²) < 4.78 is 7.69. The van der Waals surface area contributed by atoms with Gasteiger partial charge in [-0.05, 0) is 55.7 Å². The molecular formula is C22H20N2O2S. The summed E-state index contributed by atoms with van der Waals surface area (Å²) in [7, 11) is 0. The Bertz CT molecular complexity index is 1140. The van der Waals surface area contributed by atoms with Gasteiger partial charge in [0.1, 0.15) is 17.1 Å². The van der Waals surface area contributed by atoms with Crippen LogP contribution in [0.15, 0.2) is 47.8 Å². The number of hydrogen-bond donors (Lipinski definition) is 0. The Hall–Kier alpha value is -2.92. The second-order valence-corrected chi connectivity index (χ2v) is 7.27. The van der Waals surface area contributed by atoms with E-state index in [0.717, 1.165) is 33.8 Å². The van der Waals surface area contributed by atoms with E-state index in [0.29, 0.717) is 18.0 Å². The Kier molecular flexibility index (Phi) is 4.54. The highest BCUT2D eigenvalue weighted by molar-refractivity contribution is 7.15. The molecule has 2 aromatic heterocycles. The van der Waals surface area contributed by atoms with Gasteiger partial charge in [-0.2, -0.15) is 0 Å². The second kappa shape index (κ2) is 7.00. The first-order valence-corrected chi connectivity index (χ1v) is 9.77. The molecule has 0 atom stereocenters. The SMILES string of the molecule is CCOc1ccccc1-c1nc2scc(-c3ccc(C)c(C)c3)n2c1C=O. The molecule has 0 bridgehead atoms. The number of hydrogen-bond acceptors (Lipinski definition) is 4. The van der Waals surface area contributed by atoms with Gasteiger partial charge in [0.2, 0.25) is 0 Å². The summed E-state index contributed by atoms with van der Waals surface area (Å²) in [6.07, 6.45) is 0.884. The van der Waals surface area contributed by atoms with E-state index >= 15 is 0 Å². The van der Waals surface area contributed by atoms with Crippen molar-refractivity contribution >= 4 is 22.6 Å². The molecule has 0 aliphatic rings. The van der Waals surface area contributed by atoms with Gasteiger partial charge < -0.3 is 4.74 Å². The van der Waals surface area contributed by atoms with Gasteiger partial charge in [0, 0.05) is 10.9 Å². The Morgan fingerprint density at radius 2 is 1.96 bits per heavy atom. The van der Waals surface area contributed by atoms with E-state index in [-0.39, 0.29) is 0 Å². The minimum Gasteiger partial charge on any atom is -0.493 e. The van der Waals surface area contributed by atoms with E-state index in [9.17, 15) is 4.79 Å². The van der Waals surface area contributed by atoms with E-state index < -0.39 is 0 Å². The summed E-state index contributed by atoms with van der Waals surface area (Å²) in [6, 6.07) is 14.1. The van der Waals surface area contributed by atoms with Gasteiger partial charge in [-0.3, -0.25) is 9.20 Å². The van der Waals surface area contributed by atoms with Gasteiger partial charge in [-0.1, -0.05) is 24.3 Å². The average molecular weight is 376 g/mol. The predicted molar refractivity (Wildman–Crippen MR) is 110 cm³/mol. The molecule has 4 rings (SSSR count). The van der Waals surface area contributed by atoms with Crippen LogP contribution in [0.1, 0.15) is 28.5 Å². The molecule has 0 saturated heterocycles. The van der Waals surface area contributed by atoms with Crippen LogP contribution >= 0.6 is 11.3 Å². The number of nitrogens with zero attached hydrogens (tertiary/aromatic N) is 2. The molecule has 0 saturated carbocycles. The van der Waals surface area contributed by atoms with Crippen molar-refractivity contribution in [3.63, 3.8) is 0 Å². The number of ether oxygens (including phenoxy) is 1. The first-order chi connectivity index (χ1) is 13.1. The lowest BCUT2D eigenvalue weighted by Crippen LogP contribution is -1.97. The lowest BCUT2D eigenvalue weighted by atomic mass is 10.0. The number of carbonyl (C=O) groups excluding carboxylic acids is 1. The molecule has 2 heterocycles. The third-order valence-electron chi connectivity index (χ3n) is 4.76. The van der Waals surface area contributed by atoms with Crippen LogP contribution in [0.4, 0.5) is 0 Å². The normalized spacial score (nSPS) is 11.1. The first kappa shape index (κ1) is 17.5. The number of aryl methyl sites for hydroxylation is 2. The molecule has 2 aromatic carbocycles. The lowest BCUT2D eigenvalue weighted by Gasteiger charge is -2.09. The molecule has 0 spiro atoms. The second-order valence-electron chi connectivity index (χ2n) is 6.43. The number of imidazole rings is 1. The van der Waals surface area contributed by atoms with Crippen molar-refractivity contribution in [2.24, 2.45) is 0 Å². The van der Waals surface area contributed by atoms with Gasteiger partial charge in [-0.15, -0.1) is 11.3 Å². The van der Waals surface area contributed by atoms with Gasteiger partial charge >= 0.3 is 0 Å². The smallest absolute Gasteiger partial charge is 0.195 e. The summed E-state index contributed by atoms with van der Waals surface area (Å²) in [4.78, 5) is 17.6. The third-order valence-corrected chi connectivity index (χ3v) is 5.58. The van der Waals surface area contributed by atoms with Crippen LogP contribution in [0, 0.1) is 13.8 Å². The maximum absolute atomic E-state index is 12.1. The molecule has 0 aliphatic heterocycles. The maximum atomic E-state index is 12.1. The summed E-state index contributed by atoms with van der Waals surface area (Å²) >= 11 is 1.54. The Morgan fingerprint density at radius 3 is 2.70 bits per heavy atom. The van der Waals surface area contributed by atoms with Crippen molar-refractivity contribution in [1.82, 2.24) is 9.38 Å². The quantitative estimate of drug-likeness (QED) is 0.428. The fourth-order valence-electron chi connectivity index (χ4n) is 3.23. The summed E-state index contributed by atoms with van der Waals surface area (Å²) in [6.45, 7) is 6.70. The number of thiazole rings is 1. The van der Waals surface area contributed by atoms with Gasteiger partial charge in [-0.25, -0.2) is 4.98 Å². The molecule has 5 heteroatoms. The average Bonchev–Trinajstić information content (AvgIpc) is 3.23. The van der Waals surface area contributed by atoms with Crippen molar-refractivity contribution in [2.45, 2.75) is 20.8 Å². The molecule has 4 nitrogen and oxygen atoms in total. The topological polar surface area (TPSA) is 43.6 Å². The molecule has 0 N–H and O–H groups in total. The zero-order chi connectivity index (χ0) is 19.0. The van der Waals surface area contributed by atoms with Crippen molar-refractivity contribution in [3.8, 4) is 28.3 Å². The lowest BCUT2D eigenvalue weighted by molar-refractivity contribution is 0.111. The zero-order valence-electron chi connectivity index (χ0n) is 15.5. The van der Waals surface area contributed by atoms with Crippen LogP contribution in [0.2, 0.25) is 0 Å². The highest BCUT2D eigenvalue weighted by atomic mass is 32.1. The zero-order valence-corrected chi connectivity index (χ0v) is 16.3. The predicted octanol–water partition coefficient (Wildman–Crippen LogP) is 5.56. The van der Waals surface area contributed by atoms with Crippen molar-refractivity contribution in [2.75, 3.05) is 6.61 Å². The van der Waals surface area contributed by atoms with Crippen molar-refractivity contribution in [3.05, 3.63) is 64.7 Å². The summed E-state index contributed by atoms with van der Waals surface area (Å²) in [5, 5.41) is 2.05. The molecule has 136 valence electrons. The number of para-hydroxylation sites is 1. The van der Waals surface area contributed by atoms with Crippen molar-refractivity contribution in [1.29, 1.82) is 0 Å². The molecule has 27 heavy (non-hydrogen) atoms. The van der Waals surface area contributed by atoms with Gasteiger partial charge in [0.15, 0.2) is 11.2 Å². The maximum Gasteiger partial charge on any atom is 0.195 e. The van der Waals surface area contributed by atoms with E-state index in [1.807, 2.05) is 35.6 Å². The molecule has 0 amide bonds. The Balaban J connectivity index is 1.95. The third kappa shape index (κ3) is 2.94. The van der Waals surface area contributed by atoms with Crippen LogP contribution < -0.4 is 4.74 Å². The monoisotopic (exact) mass is 376 g/mol. The van der Waals surface area contributed by atoms with Crippen LogP contribution in [0.25, 0.3) is 27.5 Å². The first-order valence-electron chi connectivity index (χ1n) is 8.89. The van der Waals surface area contributed by atoms with Gasteiger partial charge in [0.25, 0.3) is 0 Å². The summed E-state index contributed by atoms with van der Waals surface area (Å²) in [5.41, 5.74) is 6.57. The van der Waals surface area contributed by atoms with E-state index in [1.165, 1.54) is 22.5 Å². The number of fused-ring (bicyclic) bond motifs is 1. The fourth-order valence-corrected chi connectivity index (χ4v) is 4.14.